The van der Waals surface area contributed by atoms with Gasteiger partial charge in [0.05, 0.1) is 23.4 Å². The Morgan fingerprint density at radius 2 is 2.07 bits per heavy atom. The topological polar surface area (TPSA) is 96.9 Å². The van der Waals surface area contributed by atoms with Crippen molar-refractivity contribution >= 4 is 17.7 Å². The number of benzene rings is 1. The Morgan fingerprint density at radius 1 is 1.41 bits per heavy atom. The number of hydrogen-bond donors (Lipinski definition) is 0. The molecule has 1 amide bonds. The Morgan fingerprint density at radius 3 is 2.67 bits per heavy atom. The molecule has 1 atom stereocenters. The fraction of sp³-hybridized carbons (Fsp3) is 0.400. The van der Waals surface area contributed by atoms with Crippen LogP contribution in [-0.2, 0) is 4.79 Å². The second-order valence-electron chi connectivity index (χ2n) is 5.34. The summed E-state index contributed by atoms with van der Waals surface area (Å²) in [6.45, 7) is 1.99. The van der Waals surface area contributed by atoms with E-state index >= 15 is 0 Å². The molecule has 1 aromatic heterocycles. The number of alkyl halides is 3. The maximum atomic E-state index is 12.3. The molecule has 2 rings (SSSR count). The molecule has 1 aromatic carbocycles. The van der Waals surface area contributed by atoms with Gasteiger partial charge in [-0.1, -0.05) is 11.8 Å². The van der Waals surface area contributed by atoms with Crippen LogP contribution in [0, 0.1) is 11.3 Å². The van der Waals surface area contributed by atoms with E-state index in [0.717, 1.165) is 23.9 Å². The van der Waals surface area contributed by atoms with E-state index in [4.69, 9.17) is 5.26 Å². The largest absolute Gasteiger partial charge is 0.573 e. The first-order valence-corrected chi connectivity index (χ1v) is 8.52. The first-order valence-electron chi connectivity index (χ1n) is 7.64. The van der Waals surface area contributed by atoms with Crippen LogP contribution < -0.4 is 4.74 Å². The highest BCUT2D eigenvalue weighted by Gasteiger charge is 2.31. The van der Waals surface area contributed by atoms with Gasteiger partial charge in [0.25, 0.3) is 0 Å². The molecule has 144 valence electrons. The molecule has 0 bridgehead atoms. The van der Waals surface area contributed by atoms with E-state index in [1.807, 2.05) is 6.07 Å². The molecule has 12 heteroatoms. The van der Waals surface area contributed by atoms with Crippen LogP contribution in [-0.4, -0.2) is 56.2 Å². The first-order chi connectivity index (χ1) is 12.7. The summed E-state index contributed by atoms with van der Waals surface area (Å²) in [6, 6.07) is 6.99. The number of aromatic nitrogens is 4. The quantitative estimate of drug-likeness (QED) is 0.659. The van der Waals surface area contributed by atoms with Crippen LogP contribution in [0.5, 0.6) is 5.75 Å². The van der Waals surface area contributed by atoms with Gasteiger partial charge >= 0.3 is 6.36 Å². The summed E-state index contributed by atoms with van der Waals surface area (Å²) in [5, 5.41) is 19.6. The van der Waals surface area contributed by atoms with E-state index in [0.29, 0.717) is 17.4 Å². The highest BCUT2D eigenvalue weighted by Crippen LogP contribution is 2.26. The molecule has 0 saturated heterocycles. The molecule has 1 heterocycles. The SMILES string of the molecule is C[C@H](Sc1nnnn1-c1ccc(OC(F)(F)F)cc1)C(=O)N(C)CCC#N. The van der Waals surface area contributed by atoms with Gasteiger partial charge in [-0.3, -0.25) is 4.79 Å². The van der Waals surface area contributed by atoms with Crippen LogP contribution in [0.4, 0.5) is 13.2 Å². The van der Waals surface area contributed by atoms with E-state index in [-0.39, 0.29) is 18.1 Å². The Labute approximate surface area is 156 Å². The molecule has 8 nitrogen and oxygen atoms in total. The van der Waals surface area contributed by atoms with Crippen molar-refractivity contribution in [2.45, 2.75) is 30.1 Å². The van der Waals surface area contributed by atoms with Gasteiger partial charge in [-0.2, -0.15) is 9.94 Å². The number of hydrogen-bond acceptors (Lipinski definition) is 7. The maximum Gasteiger partial charge on any atom is 0.573 e. The van der Waals surface area contributed by atoms with Crippen molar-refractivity contribution < 1.29 is 22.7 Å². The number of halogens is 3. The van der Waals surface area contributed by atoms with E-state index in [2.05, 4.69) is 20.3 Å². The van der Waals surface area contributed by atoms with E-state index < -0.39 is 11.6 Å². The summed E-state index contributed by atoms with van der Waals surface area (Å²) in [5.41, 5.74) is 0.412. The van der Waals surface area contributed by atoms with Gasteiger partial charge in [0.1, 0.15) is 5.75 Å². The van der Waals surface area contributed by atoms with Crippen molar-refractivity contribution in [3.63, 3.8) is 0 Å². The first kappa shape index (κ1) is 20.5. The van der Waals surface area contributed by atoms with Crippen LogP contribution in [0.1, 0.15) is 13.3 Å². The minimum atomic E-state index is -4.77. The van der Waals surface area contributed by atoms with Crippen LogP contribution in [0.3, 0.4) is 0 Å². The lowest BCUT2D eigenvalue weighted by atomic mass is 10.3. The Bertz CT molecular complexity index is 818. The van der Waals surface area contributed by atoms with E-state index in [9.17, 15) is 18.0 Å². The average molecular weight is 400 g/mol. The van der Waals surface area contributed by atoms with Crippen LogP contribution >= 0.6 is 11.8 Å². The van der Waals surface area contributed by atoms with Crippen LogP contribution in [0.15, 0.2) is 29.4 Å². The predicted octanol–water partition coefficient (Wildman–Crippen LogP) is 2.41. The van der Waals surface area contributed by atoms with Gasteiger partial charge in [-0.25, -0.2) is 0 Å². The van der Waals surface area contributed by atoms with Crippen molar-refractivity contribution in [3.8, 4) is 17.5 Å². The monoisotopic (exact) mass is 400 g/mol. The standard InChI is InChI=1S/C15H15F3N6O2S/c1-10(13(25)23(2)9-3-8-19)27-14-20-21-22-24(14)11-4-6-12(7-5-11)26-15(16,17)18/h4-7,10H,3,9H2,1-2H3/t10-/m0/s1. The lowest BCUT2D eigenvalue weighted by Crippen LogP contribution is -2.34. The molecule has 0 fully saturated rings. The third-order valence-corrected chi connectivity index (χ3v) is 4.34. The highest BCUT2D eigenvalue weighted by atomic mass is 32.2. The van der Waals surface area contributed by atoms with Crippen LogP contribution in [0.25, 0.3) is 5.69 Å². The number of carbonyl (C=O) groups excluding carboxylic acids is 1. The van der Waals surface area contributed by atoms with Crippen molar-refractivity contribution in [1.82, 2.24) is 25.1 Å². The lowest BCUT2D eigenvalue weighted by molar-refractivity contribution is -0.274. The van der Waals surface area contributed by atoms with Crippen molar-refractivity contribution in [2.24, 2.45) is 0 Å². The number of nitrogens with zero attached hydrogens (tertiary/aromatic N) is 6. The van der Waals surface area contributed by atoms with Gasteiger partial charge in [0.15, 0.2) is 0 Å². The van der Waals surface area contributed by atoms with E-state index in [1.165, 1.54) is 21.7 Å². The van der Waals surface area contributed by atoms with Crippen LogP contribution in [0.2, 0.25) is 0 Å². The molecule has 0 saturated carbocycles. The molecule has 0 radical (unpaired) electrons. The summed E-state index contributed by atoms with van der Waals surface area (Å²) in [4.78, 5) is 13.7. The zero-order valence-electron chi connectivity index (χ0n) is 14.3. The van der Waals surface area contributed by atoms with Gasteiger partial charge in [0.2, 0.25) is 11.1 Å². The summed E-state index contributed by atoms with van der Waals surface area (Å²) in [7, 11) is 1.60. The zero-order valence-corrected chi connectivity index (χ0v) is 15.2. The number of nitriles is 1. The normalized spacial score (nSPS) is 12.3. The fourth-order valence-electron chi connectivity index (χ4n) is 2.05. The molecule has 0 aliphatic heterocycles. The molecule has 2 aromatic rings. The number of amides is 1. The molecule has 0 aliphatic rings. The summed E-state index contributed by atoms with van der Waals surface area (Å²) >= 11 is 1.10. The van der Waals surface area contributed by atoms with Crippen molar-refractivity contribution in [1.29, 1.82) is 5.26 Å². The Hall–Kier alpha value is -2.81. The van der Waals surface area contributed by atoms with Crippen molar-refractivity contribution in [2.75, 3.05) is 13.6 Å². The lowest BCUT2D eigenvalue weighted by Gasteiger charge is -2.19. The molecular weight excluding hydrogens is 385 g/mol. The van der Waals surface area contributed by atoms with Crippen molar-refractivity contribution in [3.05, 3.63) is 24.3 Å². The number of ether oxygens (including phenoxy) is 1. The predicted molar refractivity (Wildman–Crippen MR) is 89.0 cm³/mol. The minimum Gasteiger partial charge on any atom is -0.406 e. The molecule has 0 N–H and O–H groups in total. The van der Waals surface area contributed by atoms with Gasteiger partial charge in [0, 0.05) is 13.6 Å². The Kier molecular flexibility index (Phi) is 6.62. The highest BCUT2D eigenvalue weighted by molar-refractivity contribution is 8.00. The molecule has 27 heavy (non-hydrogen) atoms. The Balaban J connectivity index is 2.09. The zero-order chi connectivity index (χ0) is 20.0. The summed E-state index contributed by atoms with van der Waals surface area (Å²) in [6.07, 6.45) is -4.55. The number of thioether (sulfide) groups is 1. The average Bonchev–Trinajstić information content (AvgIpc) is 3.06. The summed E-state index contributed by atoms with van der Waals surface area (Å²) in [5.74, 6) is -0.560. The number of carbonyl (C=O) groups is 1. The molecule has 0 aliphatic carbocycles. The minimum absolute atomic E-state index is 0.196. The summed E-state index contributed by atoms with van der Waals surface area (Å²) < 4.78 is 41.8. The van der Waals surface area contributed by atoms with E-state index in [1.54, 1.807) is 14.0 Å². The number of rotatable bonds is 7. The smallest absolute Gasteiger partial charge is 0.406 e. The second kappa shape index (κ2) is 8.72. The maximum absolute atomic E-state index is 12.3. The van der Waals surface area contributed by atoms with Gasteiger partial charge in [-0.15, -0.1) is 18.3 Å². The van der Waals surface area contributed by atoms with Gasteiger partial charge in [-0.05, 0) is 41.6 Å². The number of tetrazole rings is 1. The van der Waals surface area contributed by atoms with Gasteiger partial charge < -0.3 is 9.64 Å². The third kappa shape index (κ3) is 5.85. The fourth-order valence-corrected chi connectivity index (χ4v) is 2.97. The second-order valence-corrected chi connectivity index (χ2v) is 6.65. The molecular formula is C15H15F3N6O2S. The third-order valence-electron chi connectivity index (χ3n) is 3.32. The molecule has 0 spiro atoms. The molecule has 0 unspecified atom stereocenters.